The van der Waals surface area contributed by atoms with Crippen LogP contribution in [0, 0.1) is 5.92 Å². The third-order valence-corrected chi connectivity index (χ3v) is 3.62. The summed E-state index contributed by atoms with van der Waals surface area (Å²) in [7, 11) is 0. The van der Waals surface area contributed by atoms with Crippen LogP contribution >= 0.6 is 15.9 Å². The molecule has 0 unspecified atom stereocenters. The summed E-state index contributed by atoms with van der Waals surface area (Å²) in [6, 6.07) is 7.74. The van der Waals surface area contributed by atoms with Gasteiger partial charge in [-0.15, -0.1) is 0 Å². The number of hydrogen-bond acceptors (Lipinski definition) is 2. The van der Waals surface area contributed by atoms with Crippen LogP contribution < -0.4 is 4.74 Å². The normalized spacial score (nSPS) is 24.3. The summed E-state index contributed by atoms with van der Waals surface area (Å²) in [5.74, 6) is -0.0126. The second kappa shape index (κ2) is 5.54. The van der Waals surface area contributed by atoms with Gasteiger partial charge in [0.25, 0.3) is 0 Å². The lowest BCUT2D eigenvalue weighted by molar-refractivity contribution is -0.143. The van der Waals surface area contributed by atoms with Crippen molar-refractivity contribution < 1.29 is 14.6 Å². The van der Waals surface area contributed by atoms with Crippen LogP contribution in [0.1, 0.15) is 25.7 Å². The Bertz CT molecular complexity index is 397. The fourth-order valence-corrected chi connectivity index (χ4v) is 2.54. The van der Waals surface area contributed by atoms with E-state index in [0.29, 0.717) is 12.8 Å². The van der Waals surface area contributed by atoms with Crippen LogP contribution in [-0.4, -0.2) is 17.2 Å². The van der Waals surface area contributed by atoms with Crippen LogP contribution in [0.3, 0.4) is 0 Å². The van der Waals surface area contributed by atoms with Gasteiger partial charge in [0.15, 0.2) is 0 Å². The van der Waals surface area contributed by atoms with Crippen molar-refractivity contribution in [1.82, 2.24) is 0 Å². The molecule has 1 aliphatic rings. The minimum atomic E-state index is -0.675. The van der Waals surface area contributed by atoms with Crippen molar-refractivity contribution in [2.24, 2.45) is 5.92 Å². The van der Waals surface area contributed by atoms with Gasteiger partial charge in [-0.3, -0.25) is 4.79 Å². The first-order valence-corrected chi connectivity index (χ1v) is 6.59. The van der Waals surface area contributed by atoms with Crippen molar-refractivity contribution in [2.45, 2.75) is 31.8 Å². The number of aliphatic carboxylic acids is 1. The molecular weight excluding hydrogens is 284 g/mol. The van der Waals surface area contributed by atoms with E-state index in [9.17, 15) is 4.79 Å². The van der Waals surface area contributed by atoms with E-state index in [0.717, 1.165) is 23.1 Å². The van der Waals surface area contributed by atoms with Crippen LogP contribution in [0.15, 0.2) is 28.7 Å². The smallest absolute Gasteiger partial charge is 0.306 e. The van der Waals surface area contributed by atoms with E-state index in [1.54, 1.807) is 0 Å². The van der Waals surface area contributed by atoms with Crippen LogP contribution in [-0.2, 0) is 4.79 Å². The number of carboxylic acids is 1. The molecule has 3 nitrogen and oxygen atoms in total. The quantitative estimate of drug-likeness (QED) is 0.929. The monoisotopic (exact) mass is 298 g/mol. The van der Waals surface area contributed by atoms with Gasteiger partial charge in [-0.05, 0) is 43.9 Å². The van der Waals surface area contributed by atoms with E-state index < -0.39 is 5.97 Å². The Morgan fingerprint density at radius 1 is 1.29 bits per heavy atom. The van der Waals surface area contributed by atoms with Gasteiger partial charge in [0.1, 0.15) is 5.75 Å². The molecule has 0 atom stereocenters. The largest absolute Gasteiger partial charge is 0.490 e. The topological polar surface area (TPSA) is 46.5 Å². The molecule has 17 heavy (non-hydrogen) atoms. The molecule has 1 saturated carbocycles. The van der Waals surface area contributed by atoms with Crippen LogP contribution in [0.4, 0.5) is 0 Å². The molecule has 0 bridgehead atoms. The lowest BCUT2D eigenvalue weighted by Crippen LogP contribution is -2.27. The zero-order chi connectivity index (χ0) is 12.3. The van der Waals surface area contributed by atoms with Gasteiger partial charge in [0, 0.05) is 4.47 Å². The Morgan fingerprint density at radius 3 is 2.59 bits per heavy atom. The molecule has 1 fully saturated rings. The third-order valence-electron chi connectivity index (χ3n) is 3.12. The maximum absolute atomic E-state index is 10.8. The molecule has 0 aromatic heterocycles. The van der Waals surface area contributed by atoms with Crippen molar-refractivity contribution in [2.75, 3.05) is 0 Å². The fourth-order valence-electron chi connectivity index (χ4n) is 2.16. The highest BCUT2D eigenvalue weighted by Crippen LogP contribution is 2.28. The van der Waals surface area contributed by atoms with Crippen molar-refractivity contribution in [1.29, 1.82) is 0 Å². The van der Waals surface area contributed by atoms with Gasteiger partial charge in [0.2, 0.25) is 0 Å². The molecule has 2 rings (SSSR count). The molecule has 92 valence electrons. The van der Waals surface area contributed by atoms with E-state index in [1.807, 2.05) is 24.3 Å². The van der Waals surface area contributed by atoms with Gasteiger partial charge in [0.05, 0.1) is 12.0 Å². The second-order valence-electron chi connectivity index (χ2n) is 4.39. The first-order valence-electron chi connectivity index (χ1n) is 5.80. The average molecular weight is 299 g/mol. The highest BCUT2D eigenvalue weighted by atomic mass is 79.9. The highest BCUT2D eigenvalue weighted by Gasteiger charge is 2.26. The molecule has 0 aliphatic heterocycles. The Morgan fingerprint density at radius 2 is 2.00 bits per heavy atom. The zero-order valence-electron chi connectivity index (χ0n) is 9.43. The molecule has 0 amide bonds. The second-order valence-corrected chi connectivity index (χ2v) is 5.30. The van der Waals surface area contributed by atoms with Crippen molar-refractivity contribution in [3.63, 3.8) is 0 Å². The number of ether oxygens (including phenoxy) is 1. The zero-order valence-corrected chi connectivity index (χ0v) is 11.0. The molecule has 1 aromatic rings. The van der Waals surface area contributed by atoms with Crippen molar-refractivity contribution in [3.05, 3.63) is 28.7 Å². The molecule has 1 N–H and O–H groups in total. The molecular formula is C13H15BrO3. The summed E-state index contributed by atoms with van der Waals surface area (Å²) in [6.45, 7) is 0. The van der Waals surface area contributed by atoms with Gasteiger partial charge < -0.3 is 9.84 Å². The predicted octanol–water partition coefficient (Wildman–Crippen LogP) is 3.47. The number of benzene rings is 1. The molecule has 0 heterocycles. The summed E-state index contributed by atoms with van der Waals surface area (Å²) >= 11 is 3.40. The van der Waals surface area contributed by atoms with Gasteiger partial charge >= 0.3 is 5.97 Å². The fraction of sp³-hybridized carbons (Fsp3) is 0.462. The van der Waals surface area contributed by atoms with E-state index in [1.165, 1.54) is 0 Å². The van der Waals surface area contributed by atoms with Crippen LogP contribution in [0.5, 0.6) is 5.75 Å². The van der Waals surface area contributed by atoms with Crippen molar-refractivity contribution in [3.8, 4) is 5.75 Å². The maximum atomic E-state index is 10.8. The molecule has 1 aliphatic carbocycles. The summed E-state index contributed by atoms with van der Waals surface area (Å²) < 4.78 is 6.84. The van der Waals surface area contributed by atoms with Gasteiger partial charge in [-0.1, -0.05) is 22.0 Å². The molecule has 0 saturated heterocycles. The number of rotatable bonds is 3. The van der Waals surface area contributed by atoms with E-state index in [4.69, 9.17) is 9.84 Å². The summed E-state index contributed by atoms with van der Waals surface area (Å²) in [6.07, 6.45) is 3.23. The predicted molar refractivity (Wildman–Crippen MR) is 68.2 cm³/mol. The maximum Gasteiger partial charge on any atom is 0.306 e. The van der Waals surface area contributed by atoms with Crippen LogP contribution in [0.25, 0.3) is 0 Å². The van der Waals surface area contributed by atoms with E-state index in [-0.39, 0.29) is 12.0 Å². The standard InChI is InChI=1S/C13H15BrO3/c14-10-2-1-3-12(8-10)17-11-6-4-9(5-7-11)13(15)16/h1-3,8-9,11H,4-7H2,(H,15,16). The molecule has 0 radical (unpaired) electrons. The first-order chi connectivity index (χ1) is 8.15. The van der Waals surface area contributed by atoms with Crippen LogP contribution in [0.2, 0.25) is 0 Å². The SMILES string of the molecule is O=C(O)C1CCC(Oc2cccc(Br)c2)CC1. The minimum absolute atomic E-state index is 0.153. The molecule has 1 aromatic carbocycles. The van der Waals surface area contributed by atoms with E-state index >= 15 is 0 Å². The lowest BCUT2D eigenvalue weighted by atomic mass is 9.87. The average Bonchev–Trinajstić information content (AvgIpc) is 2.29. The number of hydrogen-bond donors (Lipinski definition) is 1. The Labute approximate surface area is 109 Å². The Balaban J connectivity index is 1.88. The van der Waals surface area contributed by atoms with E-state index in [2.05, 4.69) is 15.9 Å². The van der Waals surface area contributed by atoms with Gasteiger partial charge in [-0.2, -0.15) is 0 Å². The first kappa shape index (κ1) is 12.4. The van der Waals surface area contributed by atoms with Crippen molar-refractivity contribution >= 4 is 21.9 Å². The number of carboxylic acid groups (broad SMARTS) is 1. The number of carbonyl (C=O) groups is 1. The number of halogens is 1. The third kappa shape index (κ3) is 3.46. The molecule has 0 spiro atoms. The Kier molecular flexibility index (Phi) is 4.05. The lowest BCUT2D eigenvalue weighted by Gasteiger charge is -2.26. The molecule has 4 heteroatoms. The summed E-state index contributed by atoms with van der Waals surface area (Å²) in [5.41, 5.74) is 0. The summed E-state index contributed by atoms with van der Waals surface area (Å²) in [5, 5.41) is 8.90. The van der Waals surface area contributed by atoms with Gasteiger partial charge in [-0.25, -0.2) is 0 Å². The summed E-state index contributed by atoms with van der Waals surface area (Å²) in [4.78, 5) is 10.8. The minimum Gasteiger partial charge on any atom is -0.490 e. The highest BCUT2D eigenvalue weighted by molar-refractivity contribution is 9.10. The Hall–Kier alpha value is -1.03.